The van der Waals surface area contributed by atoms with Crippen molar-refractivity contribution in [3.05, 3.63) is 37.3 Å². The van der Waals surface area contributed by atoms with Gasteiger partial charge in [0.1, 0.15) is 11.7 Å². The SMILES string of the molecule is NC(=O)C1[CH]CCN1c1cncc2cnc3[nH]ccc3c12. The summed E-state index contributed by atoms with van der Waals surface area (Å²) in [6, 6.07) is 1.62. The van der Waals surface area contributed by atoms with Gasteiger partial charge in [-0.25, -0.2) is 4.98 Å². The molecule has 105 valence electrons. The van der Waals surface area contributed by atoms with Crippen LogP contribution in [0.4, 0.5) is 5.69 Å². The van der Waals surface area contributed by atoms with Crippen LogP contribution in [-0.4, -0.2) is 33.4 Å². The fraction of sp³-hybridized carbons (Fsp3) is 0.200. The number of hydrogen-bond acceptors (Lipinski definition) is 4. The summed E-state index contributed by atoms with van der Waals surface area (Å²) in [4.78, 5) is 25.4. The zero-order chi connectivity index (χ0) is 14.4. The maximum Gasteiger partial charge on any atom is 0.240 e. The molecule has 1 amide bonds. The zero-order valence-corrected chi connectivity index (χ0v) is 11.3. The molecule has 4 heterocycles. The number of amides is 1. The van der Waals surface area contributed by atoms with Gasteiger partial charge in [-0.15, -0.1) is 0 Å². The highest BCUT2D eigenvalue weighted by Crippen LogP contribution is 2.34. The quantitative estimate of drug-likeness (QED) is 0.742. The third-order valence-corrected chi connectivity index (χ3v) is 3.98. The number of hydrogen-bond donors (Lipinski definition) is 2. The van der Waals surface area contributed by atoms with Crippen LogP contribution in [0.3, 0.4) is 0 Å². The van der Waals surface area contributed by atoms with E-state index >= 15 is 0 Å². The van der Waals surface area contributed by atoms with E-state index in [-0.39, 0.29) is 11.9 Å². The van der Waals surface area contributed by atoms with E-state index in [0.29, 0.717) is 0 Å². The first kappa shape index (κ1) is 12.1. The summed E-state index contributed by atoms with van der Waals surface area (Å²) in [7, 11) is 0. The molecule has 21 heavy (non-hydrogen) atoms. The lowest BCUT2D eigenvalue weighted by Gasteiger charge is -2.25. The highest BCUT2D eigenvalue weighted by molar-refractivity contribution is 6.11. The Labute approximate surface area is 121 Å². The predicted octanol–water partition coefficient (Wildman–Crippen LogP) is 1.38. The van der Waals surface area contributed by atoms with Gasteiger partial charge < -0.3 is 15.6 Å². The number of carbonyl (C=O) groups excluding carboxylic acids is 1. The van der Waals surface area contributed by atoms with Crippen LogP contribution in [0, 0.1) is 6.42 Å². The molecule has 6 nitrogen and oxygen atoms in total. The largest absolute Gasteiger partial charge is 0.368 e. The second-order valence-electron chi connectivity index (χ2n) is 5.19. The molecule has 0 bridgehead atoms. The number of carbonyl (C=O) groups is 1. The van der Waals surface area contributed by atoms with Crippen LogP contribution in [0.15, 0.2) is 30.9 Å². The number of H-pyrrole nitrogens is 1. The molecule has 1 aliphatic rings. The van der Waals surface area contributed by atoms with E-state index in [0.717, 1.165) is 40.5 Å². The fourth-order valence-corrected chi connectivity index (χ4v) is 3.06. The predicted molar refractivity (Wildman–Crippen MR) is 80.6 cm³/mol. The smallest absolute Gasteiger partial charge is 0.240 e. The molecule has 0 spiro atoms. The standard InChI is InChI=1S/C15H14N5O/c16-14(21)11-2-1-5-20(11)12-8-17-6-9-7-19-15-10(13(9)12)3-4-18-15/h2-4,6-8,11H,1,5H2,(H2,16,21)(H,18,19). The maximum atomic E-state index is 11.6. The van der Waals surface area contributed by atoms with Crippen LogP contribution in [-0.2, 0) is 4.79 Å². The van der Waals surface area contributed by atoms with E-state index < -0.39 is 0 Å². The number of nitrogens with two attached hydrogens (primary N) is 1. The van der Waals surface area contributed by atoms with Crippen molar-refractivity contribution in [1.29, 1.82) is 0 Å². The minimum Gasteiger partial charge on any atom is -0.368 e. The maximum absolute atomic E-state index is 11.6. The lowest BCUT2D eigenvalue weighted by molar-refractivity contribution is -0.118. The van der Waals surface area contributed by atoms with Gasteiger partial charge in [0.25, 0.3) is 0 Å². The van der Waals surface area contributed by atoms with Crippen LogP contribution >= 0.6 is 0 Å². The third kappa shape index (κ3) is 1.75. The molecular formula is C15H14N5O. The van der Waals surface area contributed by atoms with Gasteiger partial charge in [-0.05, 0) is 18.9 Å². The van der Waals surface area contributed by atoms with Crippen LogP contribution in [0.2, 0.25) is 0 Å². The molecule has 1 fully saturated rings. The summed E-state index contributed by atoms with van der Waals surface area (Å²) in [5.74, 6) is -0.330. The number of primary amides is 1. The third-order valence-electron chi connectivity index (χ3n) is 3.98. The second-order valence-corrected chi connectivity index (χ2v) is 5.19. The lowest BCUT2D eigenvalue weighted by Crippen LogP contribution is -2.40. The fourth-order valence-electron chi connectivity index (χ4n) is 3.06. The van der Waals surface area contributed by atoms with E-state index in [2.05, 4.69) is 15.0 Å². The molecule has 0 aliphatic carbocycles. The van der Waals surface area contributed by atoms with E-state index in [1.807, 2.05) is 23.6 Å². The minimum atomic E-state index is -0.375. The monoisotopic (exact) mass is 280 g/mol. The summed E-state index contributed by atoms with van der Waals surface area (Å²) in [6.07, 6.45) is 10.0. The van der Waals surface area contributed by atoms with Crippen molar-refractivity contribution in [2.24, 2.45) is 5.73 Å². The average molecular weight is 280 g/mol. The van der Waals surface area contributed by atoms with Gasteiger partial charge in [-0.3, -0.25) is 9.78 Å². The van der Waals surface area contributed by atoms with E-state index in [1.165, 1.54) is 0 Å². The zero-order valence-electron chi connectivity index (χ0n) is 11.3. The van der Waals surface area contributed by atoms with Crippen LogP contribution in [0.5, 0.6) is 0 Å². The van der Waals surface area contributed by atoms with Crippen LogP contribution in [0.1, 0.15) is 6.42 Å². The second kappa shape index (κ2) is 4.44. The molecule has 0 saturated carbocycles. The van der Waals surface area contributed by atoms with Crippen molar-refractivity contribution in [3.63, 3.8) is 0 Å². The van der Waals surface area contributed by atoms with Gasteiger partial charge in [0.2, 0.25) is 5.91 Å². The van der Waals surface area contributed by atoms with E-state index in [4.69, 9.17) is 5.73 Å². The molecule has 3 aromatic heterocycles. The Bertz CT molecular complexity index is 840. The molecule has 1 unspecified atom stereocenters. The van der Waals surface area contributed by atoms with Crippen molar-refractivity contribution in [3.8, 4) is 0 Å². The summed E-state index contributed by atoms with van der Waals surface area (Å²) in [5.41, 5.74) is 7.27. The van der Waals surface area contributed by atoms with E-state index in [1.54, 1.807) is 18.6 Å². The number of fused-ring (bicyclic) bond motifs is 3. The summed E-state index contributed by atoms with van der Waals surface area (Å²) in [5, 5.41) is 3.03. The highest BCUT2D eigenvalue weighted by Gasteiger charge is 2.31. The van der Waals surface area contributed by atoms with Gasteiger partial charge in [0.15, 0.2) is 0 Å². The first-order chi connectivity index (χ1) is 10.3. The highest BCUT2D eigenvalue weighted by atomic mass is 16.1. The molecule has 4 rings (SSSR count). The number of aromatic amines is 1. The van der Waals surface area contributed by atoms with Crippen molar-refractivity contribution in [2.45, 2.75) is 12.5 Å². The summed E-state index contributed by atoms with van der Waals surface area (Å²) >= 11 is 0. The van der Waals surface area contributed by atoms with Crippen LogP contribution in [0.25, 0.3) is 21.8 Å². The number of aromatic nitrogens is 3. The molecule has 3 aromatic rings. The number of nitrogens with one attached hydrogen (secondary N) is 1. The number of anilines is 1. The van der Waals surface area contributed by atoms with Gasteiger partial charge >= 0.3 is 0 Å². The first-order valence-corrected chi connectivity index (χ1v) is 6.85. The topological polar surface area (TPSA) is 87.9 Å². The van der Waals surface area contributed by atoms with Crippen molar-refractivity contribution < 1.29 is 4.79 Å². The first-order valence-electron chi connectivity index (χ1n) is 6.85. The molecule has 1 radical (unpaired) electrons. The molecule has 1 aliphatic heterocycles. The van der Waals surface area contributed by atoms with Crippen molar-refractivity contribution in [1.82, 2.24) is 15.0 Å². The number of nitrogens with zero attached hydrogens (tertiary/aromatic N) is 3. The Morgan fingerprint density at radius 2 is 2.29 bits per heavy atom. The Morgan fingerprint density at radius 3 is 3.14 bits per heavy atom. The van der Waals surface area contributed by atoms with Crippen molar-refractivity contribution >= 4 is 33.4 Å². The minimum absolute atomic E-state index is 0.330. The Morgan fingerprint density at radius 1 is 1.38 bits per heavy atom. The van der Waals surface area contributed by atoms with Gasteiger partial charge in [0, 0.05) is 41.3 Å². The molecule has 0 aromatic carbocycles. The molecule has 1 saturated heterocycles. The molecule has 3 N–H and O–H groups in total. The molecule has 6 heteroatoms. The van der Waals surface area contributed by atoms with Gasteiger partial charge in [-0.1, -0.05) is 0 Å². The Hall–Kier alpha value is -2.63. The average Bonchev–Trinajstić information content (AvgIpc) is 3.15. The van der Waals surface area contributed by atoms with E-state index in [9.17, 15) is 4.79 Å². The van der Waals surface area contributed by atoms with Crippen molar-refractivity contribution in [2.75, 3.05) is 11.4 Å². The number of pyridine rings is 2. The Kier molecular flexibility index (Phi) is 2.57. The van der Waals surface area contributed by atoms with Gasteiger partial charge in [-0.2, -0.15) is 0 Å². The molecule has 1 atom stereocenters. The normalized spacial score (nSPS) is 18.7. The summed E-state index contributed by atoms with van der Waals surface area (Å²) in [6.45, 7) is 0.767. The van der Waals surface area contributed by atoms with Crippen LogP contribution < -0.4 is 10.6 Å². The summed E-state index contributed by atoms with van der Waals surface area (Å²) < 4.78 is 0. The molecular weight excluding hydrogens is 266 g/mol. The Balaban J connectivity index is 2.00. The lowest BCUT2D eigenvalue weighted by atomic mass is 10.1. The van der Waals surface area contributed by atoms with Gasteiger partial charge in [0.05, 0.1) is 11.9 Å². The number of rotatable bonds is 2.